The lowest BCUT2D eigenvalue weighted by atomic mass is 9.97. The lowest BCUT2D eigenvalue weighted by molar-refractivity contribution is 0.507. The highest BCUT2D eigenvalue weighted by atomic mass is 19.2. The van der Waals surface area contributed by atoms with Crippen LogP contribution in [-0.2, 0) is 12.8 Å². The van der Waals surface area contributed by atoms with Gasteiger partial charge >= 0.3 is 0 Å². The number of hydrogen-bond donors (Lipinski definition) is 3. The van der Waals surface area contributed by atoms with Gasteiger partial charge in [-0.05, 0) is 42.2 Å². The van der Waals surface area contributed by atoms with Gasteiger partial charge in [0.15, 0.2) is 17.5 Å². The summed E-state index contributed by atoms with van der Waals surface area (Å²) in [6, 6.07) is 4.31. The zero-order valence-corrected chi connectivity index (χ0v) is 16.9. The second kappa shape index (κ2) is 7.36. The molecular formula is C21H19F2N9. The summed E-state index contributed by atoms with van der Waals surface area (Å²) in [5.41, 5.74) is 3.25. The topological polar surface area (TPSA) is 111 Å². The maximum Gasteiger partial charge on any atom is 0.223 e. The van der Waals surface area contributed by atoms with Crippen molar-refractivity contribution in [3.63, 3.8) is 0 Å². The van der Waals surface area contributed by atoms with Crippen LogP contribution in [0, 0.1) is 11.6 Å². The molecule has 0 spiro atoms. The number of halogens is 2. The van der Waals surface area contributed by atoms with Crippen LogP contribution < -0.4 is 10.2 Å². The second-order valence-electron chi connectivity index (χ2n) is 8.16. The molecule has 0 unspecified atom stereocenters. The first-order chi connectivity index (χ1) is 15.6. The molecule has 0 saturated carbocycles. The molecule has 4 heterocycles. The van der Waals surface area contributed by atoms with Crippen LogP contribution in [0.4, 0.5) is 20.5 Å². The summed E-state index contributed by atoms with van der Waals surface area (Å²) in [4.78, 5) is 18.8. The molecule has 2 aliphatic rings. The Kier molecular flexibility index (Phi) is 4.33. The van der Waals surface area contributed by atoms with Crippen LogP contribution in [0.15, 0.2) is 36.8 Å². The minimum atomic E-state index is -0.814. The predicted molar refractivity (Wildman–Crippen MR) is 112 cm³/mol. The van der Waals surface area contributed by atoms with E-state index >= 15 is 0 Å². The average molecular weight is 435 g/mol. The molecule has 0 radical (unpaired) electrons. The fourth-order valence-corrected chi connectivity index (χ4v) is 4.33. The minimum absolute atomic E-state index is 0.0248. The van der Waals surface area contributed by atoms with Gasteiger partial charge in [0.05, 0.1) is 18.1 Å². The summed E-state index contributed by atoms with van der Waals surface area (Å²) in [7, 11) is 0. The molecule has 162 valence electrons. The zero-order chi connectivity index (χ0) is 21.7. The van der Waals surface area contributed by atoms with Crippen molar-refractivity contribution in [3.05, 3.63) is 65.2 Å². The van der Waals surface area contributed by atoms with Crippen LogP contribution >= 0.6 is 0 Å². The van der Waals surface area contributed by atoms with Crippen molar-refractivity contribution in [2.24, 2.45) is 0 Å². The average Bonchev–Trinajstić information content (AvgIpc) is 3.49. The molecule has 32 heavy (non-hydrogen) atoms. The van der Waals surface area contributed by atoms with E-state index < -0.39 is 11.6 Å². The Balaban J connectivity index is 1.13. The number of benzene rings is 1. The molecule has 1 saturated heterocycles. The van der Waals surface area contributed by atoms with E-state index in [1.165, 1.54) is 12.1 Å². The van der Waals surface area contributed by atoms with E-state index in [4.69, 9.17) is 0 Å². The molecular weight excluding hydrogens is 416 g/mol. The van der Waals surface area contributed by atoms with Gasteiger partial charge < -0.3 is 15.2 Å². The Bertz CT molecular complexity index is 1230. The van der Waals surface area contributed by atoms with Crippen molar-refractivity contribution in [1.82, 2.24) is 35.3 Å². The van der Waals surface area contributed by atoms with Gasteiger partial charge in [0.1, 0.15) is 11.5 Å². The second-order valence-corrected chi connectivity index (χ2v) is 8.16. The molecule has 1 aromatic carbocycles. The molecule has 1 fully saturated rings. The summed E-state index contributed by atoms with van der Waals surface area (Å²) < 4.78 is 27.0. The van der Waals surface area contributed by atoms with Gasteiger partial charge in [-0.3, -0.25) is 0 Å². The van der Waals surface area contributed by atoms with Crippen LogP contribution in [0.2, 0.25) is 0 Å². The third-order valence-corrected chi connectivity index (χ3v) is 6.04. The zero-order valence-electron chi connectivity index (χ0n) is 16.9. The molecule has 9 nitrogen and oxygen atoms in total. The lowest BCUT2D eigenvalue weighted by Crippen LogP contribution is -2.45. The monoisotopic (exact) mass is 435 g/mol. The molecule has 11 heteroatoms. The summed E-state index contributed by atoms with van der Waals surface area (Å²) in [6.07, 6.45) is 6.39. The quantitative estimate of drug-likeness (QED) is 0.442. The molecule has 1 aliphatic carbocycles. The van der Waals surface area contributed by atoms with Gasteiger partial charge in [-0.25, -0.2) is 23.7 Å². The van der Waals surface area contributed by atoms with E-state index in [-0.39, 0.29) is 6.04 Å². The molecule has 0 atom stereocenters. The Hall–Kier alpha value is -3.89. The van der Waals surface area contributed by atoms with Crippen LogP contribution in [0.3, 0.4) is 0 Å². The van der Waals surface area contributed by atoms with Crippen molar-refractivity contribution < 1.29 is 8.78 Å². The van der Waals surface area contributed by atoms with Crippen molar-refractivity contribution in [2.75, 3.05) is 23.3 Å². The number of rotatable bonds is 5. The molecule has 3 N–H and O–H groups in total. The number of H-pyrrole nitrogens is 2. The predicted octanol–water partition coefficient (Wildman–Crippen LogP) is 2.45. The number of aromatic nitrogens is 7. The summed E-state index contributed by atoms with van der Waals surface area (Å²) in [5, 5.41) is 13.9. The van der Waals surface area contributed by atoms with Gasteiger partial charge in [-0.1, -0.05) is 0 Å². The van der Waals surface area contributed by atoms with Crippen molar-refractivity contribution in [1.29, 1.82) is 0 Å². The molecule has 0 bridgehead atoms. The smallest absolute Gasteiger partial charge is 0.223 e. The van der Waals surface area contributed by atoms with Crippen LogP contribution in [0.1, 0.15) is 22.7 Å². The van der Waals surface area contributed by atoms with E-state index in [0.29, 0.717) is 36.2 Å². The Morgan fingerprint density at radius 3 is 2.53 bits per heavy atom. The van der Waals surface area contributed by atoms with Crippen molar-refractivity contribution in [2.45, 2.75) is 24.8 Å². The fraction of sp³-hybridized carbons (Fsp3) is 0.286. The third-order valence-electron chi connectivity index (χ3n) is 6.04. The molecule has 4 aromatic rings. The van der Waals surface area contributed by atoms with Gasteiger partial charge in [0, 0.05) is 31.2 Å². The van der Waals surface area contributed by atoms with E-state index in [1.807, 2.05) is 0 Å². The SMILES string of the molecule is Fc1cc2c(cc1F)CC(Nc1nccc(-c3ncc(N4CC(c5cn[nH]n5)C4)[nH]3)n1)C2. The number of aromatic amines is 2. The number of nitrogens with zero attached hydrogens (tertiary/aromatic N) is 6. The standard InChI is InChI=1S/C21H19F2N9/c22-15-5-11-3-14(4-12(11)6-16(15)23)27-21-24-2-1-17(28-21)20-25-8-19(29-20)32-9-13(10-32)18-7-26-31-30-18/h1-2,5-8,13-14H,3-4,9-10H2,(H,25,29)(H,24,27,28)(H,26,30,31). The number of nitrogens with one attached hydrogen (secondary N) is 3. The molecule has 1 aliphatic heterocycles. The van der Waals surface area contributed by atoms with E-state index in [2.05, 4.69) is 45.6 Å². The van der Waals surface area contributed by atoms with Crippen LogP contribution in [0.5, 0.6) is 0 Å². The largest absolute Gasteiger partial charge is 0.355 e. The molecule has 6 rings (SSSR count). The number of hydrogen-bond acceptors (Lipinski definition) is 7. The summed E-state index contributed by atoms with van der Waals surface area (Å²) in [5.74, 6) is 0.746. The molecule has 3 aromatic heterocycles. The number of imidazole rings is 1. The van der Waals surface area contributed by atoms with Crippen molar-refractivity contribution >= 4 is 11.8 Å². The first-order valence-corrected chi connectivity index (χ1v) is 10.3. The van der Waals surface area contributed by atoms with Crippen molar-refractivity contribution in [3.8, 4) is 11.5 Å². The van der Waals surface area contributed by atoms with Gasteiger partial charge in [-0.2, -0.15) is 15.4 Å². The Morgan fingerprint density at radius 1 is 1.03 bits per heavy atom. The van der Waals surface area contributed by atoms with Crippen LogP contribution in [-0.4, -0.2) is 54.5 Å². The highest BCUT2D eigenvalue weighted by molar-refractivity contribution is 5.56. The normalized spacial score (nSPS) is 16.2. The minimum Gasteiger partial charge on any atom is -0.355 e. The Morgan fingerprint density at radius 2 is 1.81 bits per heavy atom. The fourth-order valence-electron chi connectivity index (χ4n) is 4.33. The Labute approximate surface area is 181 Å². The first-order valence-electron chi connectivity index (χ1n) is 10.3. The van der Waals surface area contributed by atoms with Gasteiger partial charge in [0.2, 0.25) is 5.95 Å². The van der Waals surface area contributed by atoms with Gasteiger partial charge in [-0.15, -0.1) is 0 Å². The van der Waals surface area contributed by atoms with E-state index in [0.717, 1.165) is 35.7 Å². The summed E-state index contributed by atoms with van der Waals surface area (Å²) in [6.45, 7) is 1.68. The molecule has 0 amide bonds. The summed E-state index contributed by atoms with van der Waals surface area (Å²) >= 11 is 0. The first kappa shape index (κ1) is 18.8. The lowest BCUT2D eigenvalue weighted by Gasteiger charge is -2.38. The van der Waals surface area contributed by atoms with E-state index in [1.54, 1.807) is 24.7 Å². The number of fused-ring (bicyclic) bond motifs is 1. The maximum atomic E-state index is 13.5. The highest BCUT2D eigenvalue weighted by Crippen LogP contribution is 2.30. The highest BCUT2D eigenvalue weighted by Gasteiger charge is 2.31. The number of anilines is 2. The third kappa shape index (κ3) is 3.35. The van der Waals surface area contributed by atoms with Crippen LogP contribution in [0.25, 0.3) is 11.5 Å². The van der Waals surface area contributed by atoms with E-state index in [9.17, 15) is 8.78 Å². The van der Waals surface area contributed by atoms with Gasteiger partial charge in [0.25, 0.3) is 0 Å². The maximum absolute atomic E-state index is 13.5.